The van der Waals surface area contributed by atoms with Gasteiger partial charge in [0, 0.05) is 16.8 Å². The summed E-state index contributed by atoms with van der Waals surface area (Å²) in [5.74, 6) is -0.227. The van der Waals surface area contributed by atoms with Crippen LogP contribution in [0.2, 0.25) is 10.0 Å². The minimum atomic E-state index is -0.227. The van der Waals surface area contributed by atoms with Crippen molar-refractivity contribution in [3.63, 3.8) is 0 Å². The standard InChI is InChI=1S/C17H15Cl2FN2S/c1-10-2-3-11-8-13(20)5-7-16(11)22(10)17(23)21-15-9-12(18)4-6-14(15)19/h4-10H,2-3H2,1H3,(H,21,23). The summed E-state index contributed by atoms with van der Waals surface area (Å²) >= 11 is 17.8. The summed E-state index contributed by atoms with van der Waals surface area (Å²) in [4.78, 5) is 2.00. The van der Waals surface area contributed by atoms with Crippen LogP contribution in [0.3, 0.4) is 0 Å². The number of halogens is 3. The van der Waals surface area contributed by atoms with Crippen molar-refractivity contribution >= 4 is 51.9 Å². The second-order valence-electron chi connectivity index (χ2n) is 5.59. The van der Waals surface area contributed by atoms with E-state index >= 15 is 0 Å². The summed E-state index contributed by atoms with van der Waals surface area (Å²) in [6, 6.07) is 10.2. The van der Waals surface area contributed by atoms with Crippen LogP contribution in [0.4, 0.5) is 15.8 Å². The molecule has 0 bridgehead atoms. The Labute approximate surface area is 150 Å². The summed E-state index contributed by atoms with van der Waals surface area (Å²) in [6.07, 6.45) is 1.74. The van der Waals surface area contributed by atoms with E-state index in [1.807, 2.05) is 4.90 Å². The minimum Gasteiger partial charge on any atom is -0.331 e. The average Bonchev–Trinajstić information content (AvgIpc) is 2.51. The number of hydrogen-bond acceptors (Lipinski definition) is 1. The number of thiocarbonyl (C=S) groups is 1. The zero-order chi connectivity index (χ0) is 16.6. The molecule has 0 spiro atoms. The Bertz CT molecular complexity index is 766. The summed E-state index contributed by atoms with van der Waals surface area (Å²) in [6.45, 7) is 2.10. The smallest absolute Gasteiger partial charge is 0.178 e. The van der Waals surface area contributed by atoms with Crippen molar-refractivity contribution in [3.05, 3.63) is 57.8 Å². The molecule has 1 heterocycles. The highest BCUT2D eigenvalue weighted by molar-refractivity contribution is 7.80. The molecule has 6 heteroatoms. The highest BCUT2D eigenvalue weighted by Gasteiger charge is 2.26. The first-order valence-corrected chi connectivity index (χ1v) is 8.46. The van der Waals surface area contributed by atoms with Gasteiger partial charge in [0.05, 0.1) is 10.7 Å². The average molecular weight is 369 g/mol. The number of hydrogen-bond donors (Lipinski definition) is 1. The molecule has 0 aliphatic carbocycles. The van der Waals surface area contributed by atoms with E-state index in [1.165, 1.54) is 6.07 Å². The minimum absolute atomic E-state index is 0.214. The predicted octanol–water partition coefficient (Wildman–Crippen LogP) is 5.67. The van der Waals surface area contributed by atoms with E-state index in [-0.39, 0.29) is 11.9 Å². The molecular weight excluding hydrogens is 354 g/mol. The van der Waals surface area contributed by atoms with Crippen LogP contribution in [0.25, 0.3) is 0 Å². The highest BCUT2D eigenvalue weighted by Crippen LogP contribution is 2.33. The van der Waals surface area contributed by atoms with E-state index in [0.717, 1.165) is 24.1 Å². The Hall–Kier alpha value is -1.36. The molecule has 2 aromatic rings. The van der Waals surface area contributed by atoms with Gasteiger partial charge in [-0.15, -0.1) is 0 Å². The summed E-state index contributed by atoms with van der Waals surface area (Å²) < 4.78 is 13.5. The van der Waals surface area contributed by atoms with E-state index in [1.54, 1.807) is 30.3 Å². The number of nitrogens with zero attached hydrogens (tertiary/aromatic N) is 1. The van der Waals surface area contributed by atoms with Gasteiger partial charge in [-0.1, -0.05) is 23.2 Å². The lowest BCUT2D eigenvalue weighted by atomic mass is 9.97. The maximum atomic E-state index is 13.5. The lowest BCUT2D eigenvalue weighted by Crippen LogP contribution is -2.44. The van der Waals surface area contributed by atoms with Crippen LogP contribution in [0.15, 0.2) is 36.4 Å². The van der Waals surface area contributed by atoms with E-state index in [2.05, 4.69) is 12.2 Å². The van der Waals surface area contributed by atoms with Gasteiger partial charge >= 0.3 is 0 Å². The molecular formula is C17H15Cl2FN2S. The molecule has 0 saturated carbocycles. The van der Waals surface area contributed by atoms with Gasteiger partial charge in [0.1, 0.15) is 5.82 Å². The third kappa shape index (κ3) is 3.44. The molecule has 1 aliphatic rings. The van der Waals surface area contributed by atoms with E-state index < -0.39 is 0 Å². The first kappa shape index (κ1) is 16.5. The topological polar surface area (TPSA) is 15.3 Å². The highest BCUT2D eigenvalue weighted by atomic mass is 35.5. The van der Waals surface area contributed by atoms with Crippen LogP contribution >= 0.6 is 35.4 Å². The van der Waals surface area contributed by atoms with Gasteiger partial charge < -0.3 is 10.2 Å². The second kappa shape index (κ2) is 6.63. The van der Waals surface area contributed by atoms with Gasteiger partial charge in [-0.05, 0) is 73.9 Å². The van der Waals surface area contributed by atoms with Gasteiger partial charge in [-0.2, -0.15) is 0 Å². The molecule has 2 nitrogen and oxygen atoms in total. The van der Waals surface area contributed by atoms with Crippen LogP contribution in [0.5, 0.6) is 0 Å². The summed E-state index contributed by atoms with van der Waals surface area (Å²) in [7, 11) is 0. The van der Waals surface area contributed by atoms with Gasteiger partial charge in [0.25, 0.3) is 0 Å². The van der Waals surface area contributed by atoms with Crippen molar-refractivity contribution < 1.29 is 4.39 Å². The van der Waals surface area contributed by atoms with E-state index in [9.17, 15) is 4.39 Å². The Balaban J connectivity index is 1.91. The molecule has 0 aromatic heterocycles. The van der Waals surface area contributed by atoms with Gasteiger partial charge in [-0.3, -0.25) is 0 Å². The quantitative estimate of drug-likeness (QED) is 0.652. The van der Waals surface area contributed by atoms with E-state index in [4.69, 9.17) is 35.4 Å². The lowest BCUT2D eigenvalue weighted by Gasteiger charge is -2.37. The molecule has 1 aliphatic heterocycles. The molecule has 2 aromatic carbocycles. The molecule has 23 heavy (non-hydrogen) atoms. The molecule has 0 fully saturated rings. The Morgan fingerprint density at radius 1 is 1.26 bits per heavy atom. The molecule has 1 atom stereocenters. The lowest BCUT2D eigenvalue weighted by molar-refractivity contribution is 0.604. The Morgan fingerprint density at radius 2 is 2.04 bits per heavy atom. The molecule has 1 unspecified atom stereocenters. The Morgan fingerprint density at radius 3 is 2.83 bits per heavy atom. The fourth-order valence-electron chi connectivity index (χ4n) is 2.80. The van der Waals surface area contributed by atoms with Crippen molar-refractivity contribution in [1.29, 1.82) is 0 Å². The zero-order valence-electron chi connectivity index (χ0n) is 12.4. The number of anilines is 2. The van der Waals surface area contributed by atoms with Crippen LogP contribution < -0.4 is 10.2 Å². The molecule has 0 radical (unpaired) electrons. The van der Waals surface area contributed by atoms with Crippen molar-refractivity contribution in [2.75, 3.05) is 10.2 Å². The van der Waals surface area contributed by atoms with E-state index in [0.29, 0.717) is 20.8 Å². The molecule has 120 valence electrons. The zero-order valence-corrected chi connectivity index (χ0v) is 14.8. The monoisotopic (exact) mass is 368 g/mol. The maximum absolute atomic E-state index is 13.5. The third-order valence-corrected chi connectivity index (χ3v) is 4.83. The number of rotatable bonds is 1. The van der Waals surface area contributed by atoms with Crippen LogP contribution in [-0.4, -0.2) is 11.2 Å². The van der Waals surface area contributed by atoms with Crippen LogP contribution in [0.1, 0.15) is 18.9 Å². The summed E-state index contributed by atoms with van der Waals surface area (Å²) in [5.41, 5.74) is 2.55. The van der Waals surface area contributed by atoms with Crippen LogP contribution in [-0.2, 0) is 6.42 Å². The van der Waals surface area contributed by atoms with Crippen molar-refractivity contribution in [2.24, 2.45) is 0 Å². The normalized spacial score (nSPS) is 16.9. The number of aryl methyl sites for hydroxylation is 1. The second-order valence-corrected chi connectivity index (χ2v) is 6.82. The fourth-order valence-corrected chi connectivity index (χ4v) is 3.52. The van der Waals surface area contributed by atoms with Crippen molar-refractivity contribution in [3.8, 4) is 0 Å². The fraction of sp³-hybridized carbons (Fsp3) is 0.235. The molecule has 0 amide bonds. The van der Waals surface area contributed by atoms with Crippen molar-refractivity contribution in [1.82, 2.24) is 0 Å². The first-order valence-electron chi connectivity index (χ1n) is 7.29. The van der Waals surface area contributed by atoms with Gasteiger partial charge in [0.15, 0.2) is 5.11 Å². The number of benzene rings is 2. The van der Waals surface area contributed by atoms with Gasteiger partial charge in [0.2, 0.25) is 0 Å². The van der Waals surface area contributed by atoms with Gasteiger partial charge in [-0.25, -0.2) is 4.39 Å². The molecule has 0 saturated heterocycles. The Kier molecular flexibility index (Phi) is 4.76. The van der Waals surface area contributed by atoms with Crippen LogP contribution in [0, 0.1) is 5.82 Å². The number of fused-ring (bicyclic) bond motifs is 1. The third-order valence-electron chi connectivity index (χ3n) is 3.96. The first-order chi connectivity index (χ1) is 11.0. The summed E-state index contributed by atoms with van der Waals surface area (Å²) in [5, 5.41) is 4.80. The van der Waals surface area contributed by atoms with Crippen molar-refractivity contribution in [2.45, 2.75) is 25.8 Å². The number of nitrogens with one attached hydrogen (secondary N) is 1. The largest absolute Gasteiger partial charge is 0.331 e. The SMILES string of the molecule is CC1CCc2cc(F)ccc2N1C(=S)Nc1cc(Cl)ccc1Cl. The molecule has 3 rings (SSSR count). The molecule has 1 N–H and O–H groups in total. The maximum Gasteiger partial charge on any atom is 0.178 e. The predicted molar refractivity (Wildman–Crippen MR) is 99.3 cm³/mol.